The first-order chi connectivity index (χ1) is 8.79. The van der Waals surface area contributed by atoms with E-state index in [1.807, 2.05) is 0 Å². The first kappa shape index (κ1) is 12.8. The van der Waals surface area contributed by atoms with Crippen molar-refractivity contribution >= 4 is 11.3 Å². The molecular formula is C11H15N5OS. The van der Waals surface area contributed by atoms with Gasteiger partial charge in [0, 0.05) is 12.5 Å². The first-order valence-corrected chi connectivity index (χ1v) is 6.70. The summed E-state index contributed by atoms with van der Waals surface area (Å²) in [5, 5.41) is 19.5. The minimum absolute atomic E-state index is 0.214. The van der Waals surface area contributed by atoms with Crippen molar-refractivity contribution in [3.05, 3.63) is 27.5 Å². The van der Waals surface area contributed by atoms with Crippen LogP contribution in [0.2, 0.25) is 0 Å². The monoisotopic (exact) mass is 265 g/mol. The third-order valence-corrected chi connectivity index (χ3v) is 3.36. The molecule has 0 unspecified atom stereocenters. The third-order valence-electron chi connectivity index (χ3n) is 2.36. The highest BCUT2D eigenvalue weighted by molar-refractivity contribution is 7.14. The molecule has 0 atom stereocenters. The Bertz CT molecular complexity index is 530. The van der Waals surface area contributed by atoms with Crippen LogP contribution in [0.5, 0.6) is 0 Å². The van der Waals surface area contributed by atoms with Crippen LogP contribution >= 0.6 is 11.3 Å². The number of hydrogen-bond donors (Lipinski definition) is 2. The molecule has 0 fully saturated rings. The lowest BCUT2D eigenvalue weighted by molar-refractivity contribution is 0.669. The normalized spacial score (nSPS) is 10.7. The van der Waals surface area contributed by atoms with E-state index in [1.54, 1.807) is 6.07 Å². The van der Waals surface area contributed by atoms with Crippen molar-refractivity contribution in [1.29, 1.82) is 0 Å². The highest BCUT2D eigenvalue weighted by Crippen LogP contribution is 2.20. The van der Waals surface area contributed by atoms with Crippen LogP contribution in [0.15, 0.2) is 16.9 Å². The standard InChI is InChI=1S/C11H15N5OS/c1-2-12-7-3-4-10-15-16-11(18-10)8-5-6-9(17)14-13-8/h5-6,12H,2-4,7H2,1H3,(H,14,17). The summed E-state index contributed by atoms with van der Waals surface area (Å²) in [4.78, 5) is 10.9. The van der Waals surface area contributed by atoms with Crippen molar-refractivity contribution in [2.45, 2.75) is 19.8 Å². The number of aryl methyl sites for hydroxylation is 1. The second-order valence-corrected chi connectivity index (χ2v) is 4.83. The molecule has 2 N–H and O–H groups in total. The lowest BCUT2D eigenvalue weighted by Gasteiger charge is -1.97. The van der Waals surface area contributed by atoms with Gasteiger partial charge in [-0.15, -0.1) is 10.2 Å². The fourth-order valence-corrected chi connectivity index (χ4v) is 2.31. The first-order valence-electron chi connectivity index (χ1n) is 5.89. The van der Waals surface area contributed by atoms with E-state index in [0.717, 1.165) is 35.9 Å². The zero-order chi connectivity index (χ0) is 12.8. The van der Waals surface area contributed by atoms with Crippen LogP contribution in [0.25, 0.3) is 10.7 Å². The van der Waals surface area contributed by atoms with Gasteiger partial charge in [-0.1, -0.05) is 18.3 Å². The Balaban J connectivity index is 1.97. The Hall–Kier alpha value is -1.60. The average molecular weight is 265 g/mol. The van der Waals surface area contributed by atoms with Gasteiger partial charge in [0.1, 0.15) is 10.7 Å². The van der Waals surface area contributed by atoms with Crippen LogP contribution in [0, 0.1) is 0 Å². The van der Waals surface area contributed by atoms with E-state index in [9.17, 15) is 4.79 Å². The molecule has 0 bridgehead atoms. The zero-order valence-corrected chi connectivity index (χ0v) is 11.0. The molecule has 2 aromatic rings. The predicted molar refractivity (Wildman–Crippen MR) is 70.6 cm³/mol. The number of aromatic amines is 1. The summed E-state index contributed by atoms with van der Waals surface area (Å²) in [6.07, 6.45) is 1.95. The molecule has 2 aromatic heterocycles. The molecule has 0 aliphatic rings. The lowest BCUT2D eigenvalue weighted by atomic mass is 10.3. The van der Waals surface area contributed by atoms with Gasteiger partial charge in [-0.3, -0.25) is 4.79 Å². The number of rotatable bonds is 6. The van der Waals surface area contributed by atoms with Gasteiger partial charge in [0.15, 0.2) is 5.01 Å². The predicted octanol–water partition coefficient (Wildman–Crippen LogP) is 0.830. The molecular weight excluding hydrogens is 250 g/mol. The molecule has 7 heteroatoms. The third kappa shape index (κ3) is 3.44. The van der Waals surface area contributed by atoms with E-state index in [1.165, 1.54) is 17.4 Å². The Morgan fingerprint density at radius 1 is 1.39 bits per heavy atom. The molecule has 0 aliphatic carbocycles. The van der Waals surface area contributed by atoms with Crippen molar-refractivity contribution in [2.75, 3.05) is 13.1 Å². The number of nitrogens with zero attached hydrogens (tertiary/aromatic N) is 3. The van der Waals surface area contributed by atoms with Crippen molar-refractivity contribution in [1.82, 2.24) is 25.7 Å². The number of hydrogen-bond acceptors (Lipinski definition) is 6. The van der Waals surface area contributed by atoms with Gasteiger partial charge >= 0.3 is 0 Å². The maximum Gasteiger partial charge on any atom is 0.264 e. The minimum atomic E-state index is -0.214. The number of H-pyrrole nitrogens is 1. The van der Waals surface area contributed by atoms with Gasteiger partial charge in [-0.2, -0.15) is 5.10 Å². The molecule has 18 heavy (non-hydrogen) atoms. The van der Waals surface area contributed by atoms with E-state index < -0.39 is 0 Å². The Kier molecular flexibility index (Phi) is 4.54. The van der Waals surface area contributed by atoms with Gasteiger partial charge in [0.25, 0.3) is 5.56 Å². The molecule has 0 saturated heterocycles. The summed E-state index contributed by atoms with van der Waals surface area (Å²) >= 11 is 1.52. The molecule has 6 nitrogen and oxygen atoms in total. The summed E-state index contributed by atoms with van der Waals surface area (Å²) in [7, 11) is 0. The van der Waals surface area contributed by atoms with E-state index >= 15 is 0 Å². The van der Waals surface area contributed by atoms with Gasteiger partial charge in [-0.25, -0.2) is 5.10 Å². The minimum Gasteiger partial charge on any atom is -0.317 e. The molecule has 0 amide bonds. The summed E-state index contributed by atoms with van der Waals surface area (Å²) in [5.41, 5.74) is 0.444. The fourth-order valence-electron chi connectivity index (χ4n) is 1.46. The highest BCUT2D eigenvalue weighted by Gasteiger charge is 2.07. The maximum absolute atomic E-state index is 10.9. The van der Waals surface area contributed by atoms with Crippen LogP contribution in [0.1, 0.15) is 18.4 Å². The number of aromatic nitrogens is 4. The largest absolute Gasteiger partial charge is 0.317 e. The van der Waals surface area contributed by atoms with Crippen LogP contribution in [0.4, 0.5) is 0 Å². The van der Waals surface area contributed by atoms with E-state index in [-0.39, 0.29) is 5.56 Å². The van der Waals surface area contributed by atoms with Gasteiger partial charge in [0.05, 0.1) is 0 Å². The second kappa shape index (κ2) is 6.36. The molecule has 0 aromatic carbocycles. The lowest BCUT2D eigenvalue weighted by Crippen LogP contribution is -2.14. The van der Waals surface area contributed by atoms with Crippen LogP contribution in [0.3, 0.4) is 0 Å². The molecule has 0 saturated carbocycles. The fraction of sp³-hybridized carbons (Fsp3) is 0.455. The Morgan fingerprint density at radius 2 is 2.28 bits per heavy atom. The quantitative estimate of drug-likeness (QED) is 0.756. The van der Waals surface area contributed by atoms with E-state index in [4.69, 9.17) is 0 Å². The highest BCUT2D eigenvalue weighted by atomic mass is 32.1. The van der Waals surface area contributed by atoms with Crippen LogP contribution in [-0.4, -0.2) is 33.5 Å². The van der Waals surface area contributed by atoms with Crippen molar-refractivity contribution in [3.8, 4) is 10.7 Å². The molecule has 2 heterocycles. The summed E-state index contributed by atoms with van der Waals surface area (Å²) in [6.45, 7) is 4.07. The van der Waals surface area contributed by atoms with Crippen molar-refractivity contribution in [3.63, 3.8) is 0 Å². The van der Waals surface area contributed by atoms with E-state index in [2.05, 4.69) is 32.6 Å². The van der Waals surface area contributed by atoms with E-state index in [0.29, 0.717) is 5.69 Å². The smallest absolute Gasteiger partial charge is 0.264 e. The average Bonchev–Trinajstić information content (AvgIpc) is 2.84. The van der Waals surface area contributed by atoms with Gasteiger partial charge in [0.2, 0.25) is 0 Å². The molecule has 0 aliphatic heterocycles. The van der Waals surface area contributed by atoms with Crippen molar-refractivity contribution in [2.24, 2.45) is 0 Å². The summed E-state index contributed by atoms with van der Waals surface area (Å²) in [6, 6.07) is 3.09. The molecule has 96 valence electrons. The van der Waals surface area contributed by atoms with Crippen molar-refractivity contribution < 1.29 is 0 Å². The topological polar surface area (TPSA) is 83.6 Å². The SMILES string of the molecule is CCNCCCc1nnc(-c2ccc(=O)[nH]n2)s1. The second-order valence-electron chi connectivity index (χ2n) is 3.76. The van der Waals surface area contributed by atoms with Gasteiger partial charge in [-0.05, 0) is 25.6 Å². The van der Waals surface area contributed by atoms with Gasteiger partial charge < -0.3 is 5.32 Å². The number of nitrogens with one attached hydrogen (secondary N) is 2. The molecule has 0 radical (unpaired) electrons. The molecule has 2 rings (SSSR count). The Morgan fingerprint density at radius 3 is 3.00 bits per heavy atom. The Labute approximate surface area is 108 Å². The summed E-state index contributed by atoms with van der Waals surface area (Å²) in [5.74, 6) is 0. The zero-order valence-electron chi connectivity index (χ0n) is 10.1. The molecule has 0 spiro atoms. The summed E-state index contributed by atoms with van der Waals surface area (Å²) < 4.78 is 0. The maximum atomic E-state index is 10.9. The van der Waals surface area contributed by atoms with Crippen LogP contribution in [-0.2, 0) is 6.42 Å². The van der Waals surface area contributed by atoms with Crippen LogP contribution < -0.4 is 10.9 Å².